The van der Waals surface area contributed by atoms with Gasteiger partial charge >= 0.3 is 5.97 Å². The van der Waals surface area contributed by atoms with Crippen LogP contribution in [0.1, 0.15) is 95.9 Å². The number of rotatable bonds is 16. The van der Waals surface area contributed by atoms with Crippen molar-refractivity contribution in [2.75, 3.05) is 20.1 Å². The average molecular weight is 913 g/mol. The number of hydrogen-bond acceptors (Lipinski definition) is 13. The number of aromatic amines is 1. The minimum Gasteiger partial charge on any atom is -0.506 e. The predicted molar refractivity (Wildman–Crippen MR) is 251 cm³/mol. The highest BCUT2D eigenvalue weighted by Crippen LogP contribution is 2.42. The number of esters is 1. The molecule has 2 atom stereocenters. The van der Waals surface area contributed by atoms with Crippen LogP contribution in [-0.2, 0) is 50.6 Å². The molecule has 1 fully saturated rings. The van der Waals surface area contributed by atoms with Crippen molar-refractivity contribution in [3.8, 4) is 5.75 Å². The van der Waals surface area contributed by atoms with Gasteiger partial charge in [0.1, 0.15) is 17.4 Å². The molecule has 1 aliphatic carbocycles. The first kappa shape index (κ1) is 45.3. The van der Waals surface area contributed by atoms with E-state index in [0.29, 0.717) is 47.6 Å². The Bertz CT molecular complexity index is 2630. The molecule has 2 aromatic carbocycles. The summed E-state index contributed by atoms with van der Waals surface area (Å²) in [5.41, 5.74) is 4.55. The molecule has 1 saturated carbocycles. The van der Waals surface area contributed by atoms with Crippen LogP contribution in [0, 0.1) is 6.92 Å². The Kier molecular flexibility index (Phi) is 13.2. The Morgan fingerprint density at radius 2 is 1.86 bits per heavy atom. The highest BCUT2D eigenvalue weighted by molar-refractivity contribution is 7.13. The zero-order valence-corrected chi connectivity index (χ0v) is 40.0. The van der Waals surface area contributed by atoms with Crippen molar-refractivity contribution in [3.63, 3.8) is 0 Å². The van der Waals surface area contributed by atoms with E-state index in [0.717, 1.165) is 83.2 Å². The van der Waals surface area contributed by atoms with Crippen molar-refractivity contribution in [2.45, 2.75) is 128 Å². The molecule has 0 radical (unpaired) electrons. The van der Waals surface area contributed by atoms with Crippen LogP contribution >= 0.6 is 22.7 Å². The Morgan fingerprint density at radius 1 is 1.08 bits per heavy atom. The van der Waals surface area contributed by atoms with Gasteiger partial charge < -0.3 is 39.3 Å². The van der Waals surface area contributed by atoms with E-state index >= 15 is 0 Å². The number of aryl methyl sites for hydroxylation is 2. The number of carbonyl (C=O) groups is 1. The van der Waals surface area contributed by atoms with Crippen molar-refractivity contribution in [1.82, 2.24) is 30.2 Å². The molecule has 63 heavy (non-hydrogen) atoms. The van der Waals surface area contributed by atoms with Crippen molar-refractivity contribution in [1.29, 1.82) is 0 Å². The third kappa shape index (κ3) is 9.32. The van der Waals surface area contributed by atoms with Crippen molar-refractivity contribution < 1.29 is 28.9 Å². The van der Waals surface area contributed by atoms with E-state index < -0.39 is 19.9 Å². The number of aliphatic hydroxyl groups is 1. The zero-order chi connectivity index (χ0) is 44.7. The van der Waals surface area contributed by atoms with E-state index in [1.807, 2.05) is 41.3 Å². The number of fused-ring (bicyclic) bond motifs is 4. The maximum Gasteiger partial charge on any atom is 0.349 e. The lowest BCUT2D eigenvalue weighted by atomic mass is 9.91. The van der Waals surface area contributed by atoms with Crippen LogP contribution in [0.15, 0.2) is 64.8 Å². The molecule has 0 bridgehead atoms. The van der Waals surface area contributed by atoms with Gasteiger partial charge in [0, 0.05) is 47.6 Å². The number of H-pyrrole nitrogens is 1. The van der Waals surface area contributed by atoms with Crippen LogP contribution in [0.5, 0.6) is 5.75 Å². The summed E-state index contributed by atoms with van der Waals surface area (Å²) in [7, 11) is -0.0747. The first-order valence-electron chi connectivity index (χ1n) is 22.0. The highest BCUT2D eigenvalue weighted by Gasteiger charge is 2.45. The van der Waals surface area contributed by atoms with E-state index in [4.69, 9.17) is 13.9 Å². The van der Waals surface area contributed by atoms with Gasteiger partial charge in [-0.25, -0.2) is 9.48 Å². The van der Waals surface area contributed by atoms with Gasteiger partial charge in [0.25, 0.3) is 0 Å². The van der Waals surface area contributed by atoms with Gasteiger partial charge in [-0.1, -0.05) is 38.1 Å². The highest BCUT2D eigenvalue weighted by atomic mass is 32.1. The van der Waals surface area contributed by atoms with Crippen LogP contribution in [0.2, 0.25) is 18.1 Å². The number of pyridine rings is 1. The fourth-order valence-corrected chi connectivity index (χ4v) is 11.9. The topological polar surface area (TPSA) is 164 Å². The number of benzene rings is 2. The predicted octanol–water partition coefficient (Wildman–Crippen LogP) is 8.41. The van der Waals surface area contributed by atoms with Gasteiger partial charge in [0.15, 0.2) is 8.32 Å². The Hall–Kier alpha value is -4.26. The van der Waals surface area contributed by atoms with Crippen LogP contribution in [0.3, 0.4) is 0 Å². The molecule has 0 unspecified atom stereocenters. The molecular weight excluding hydrogens is 853 g/mol. The second kappa shape index (κ2) is 18.3. The summed E-state index contributed by atoms with van der Waals surface area (Å²) in [5, 5.41) is 37.9. The maximum atomic E-state index is 13.6. The van der Waals surface area contributed by atoms with Gasteiger partial charge in [-0.15, -0.1) is 27.8 Å². The molecule has 0 saturated heterocycles. The summed E-state index contributed by atoms with van der Waals surface area (Å²) in [5.74, 6) is -0.566. The average Bonchev–Trinajstić information content (AvgIpc) is 4.09. The number of phenolic OH excluding ortho intramolecular Hbond substituents is 1. The van der Waals surface area contributed by atoms with Gasteiger partial charge in [0.2, 0.25) is 11.2 Å². The lowest BCUT2D eigenvalue weighted by molar-refractivity contribution is -0.169. The molecule has 4 aromatic heterocycles. The summed E-state index contributed by atoms with van der Waals surface area (Å²) in [6.07, 6.45) is 3.66. The summed E-state index contributed by atoms with van der Waals surface area (Å²) in [6.45, 7) is 16.8. The molecule has 5 heterocycles. The van der Waals surface area contributed by atoms with Crippen LogP contribution < -0.4 is 10.9 Å². The number of hydrogen-bond donors (Lipinski definition) is 4. The number of nitrogens with one attached hydrogen (secondary N) is 2. The number of phenols is 1. The van der Waals surface area contributed by atoms with E-state index in [-0.39, 0.29) is 28.6 Å². The number of ether oxygens (including phenoxy) is 2. The molecule has 16 heteroatoms. The quantitative estimate of drug-likeness (QED) is 0.0545. The molecule has 336 valence electrons. The van der Waals surface area contributed by atoms with E-state index in [1.165, 1.54) is 34.3 Å². The molecule has 4 N–H and O–H groups in total. The van der Waals surface area contributed by atoms with Crippen molar-refractivity contribution in [3.05, 3.63) is 107 Å². The maximum absolute atomic E-state index is 13.6. The standard InChI is InChI=1S/C47H60N6O7S2Si/c1-29-11-19-41(62-29)47(57,40-10-8-23-61-40)45(56)59-32-14-12-31(13-15-32)52(5)21-9-22-53-44-36-28-58-27-35(36)30(24-37(44)50-51-53)25-48-26-39(60-63(6,7)46(2,3)4)33-16-18-38(54)43-34(33)17-20-42(55)49-43/h8,10-11,16-20,23-24,31-32,39,48,54,57H,9,12-15,21-22,25-28H2,1-7H3,(H,49,55)/t31?,32?,39-,47-/m0/s1. The van der Waals surface area contributed by atoms with E-state index in [2.05, 4.69) is 72.5 Å². The minimum absolute atomic E-state index is 0.0275. The van der Waals surface area contributed by atoms with Gasteiger partial charge in [-0.05, 0) is 129 Å². The fourth-order valence-electron chi connectivity index (χ4n) is 8.78. The first-order valence-corrected chi connectivity index (χ1v) is 26.6. The van der Waals surface area contributed by atoms with Gasteiger partial charge in [-0.2, -0.15) is 0 Å². The summed E-state index contributed by atoms with van der Waals surface area (Å²) >= 11 is 2.78. The molecule has 1 aliphatic heterocycles. The number of aromatic nitrogens is 4. The van der Waals surface area contributed by atoms with E-state index in [1.54, 1.807) is 18.2 Å². The number of nitrogens with zero attached hydrogens (tertiary/aromatic N) is 4. The number of carbonyl (C=O) groups excluding carboxylic acids is 1. The van der Waals surface area contributed by atoms with Gasteiger partial charge in [-0.3, -0.25) is 4.79 Å². The summed E-state index contributed by atoms with van der Waals surface area (Å²) < 4.78 is 21.2. The van der Waals surface area contributed by atoms with Crippen molar-refractivity contribution in [2.24, 2.45) is 0 Å². The normalized spacial score (nSPS) is 18.6. The summed E-state index contributed by atoms with van der Waals surface area (Å²) in [6, 6.07) is 16.7. The molecular formula is C47H60N6O7S2Si. The Balaban J connectivity index is 0.885. The Morgan fingerprint density at radius 3 is 2.57 bits per heavy atom. The molecule has 0 spiro atoms. The third-order valence-corrected chi connectivity index (χ3v) is 20.0. The van der Waals surface area contributed by atoms with Crippen LogP contribution in [-0.4, -0.2) is 81.7 Å². The number of thiophene rings is 2. The lowest BCUT2D eigenvalue weighted by Gasteiger charge is -2.39. The minimum atomic E-state index is -2.24. The fraction of sp³-hybridized carbons (Fsp3) is 0.489. The monoisotopic (exact) mass is 912 g/mol. The van der Waals surface area contributed by atoms with Crippen molar-refractivity contribution >= 4 is 58.9 Å². The molecule has 6 aromatic rings. The van der Waals surface area contributed by atoms with Crippen LogP contribution in [0.25, 0.3) is 21.9 Å². The third-order valence-electron chi connectivity index (χ3n) is 13.4. The lowest BCUT2D eigenvalue weighted by Crippen LogP contribution is -2.43. The molecule has 2 aliphatic rings. The van der Waals surface area contributed by atoms with Crippen LogP contribution in [0.4, 0.5) is 0 Å². The SMILES string of the molecule is Cc1ccc([C@](O)(C(=O)OC2CCC(N(C)CCCn3nnc4cc(CNC[C@H](O[Si](C)(C)C(C)(C)C)c5ccc(O)c6[nH]c(=O)ccc56)c5c(c43)COC5)CC2)c2cccs2)s1. The smallest absolute Gasteiger partial charge is 0.349 e. The number of aromatic hydroxyl groups is 1. The molecule has 13 nitrogen and oxygen atoms in total. The van der Waals surface area contributed by atoms with Gasteiger partial charge in [0.05, 0.1) is 40.1 Å². The van der Waals surface area contributed by atoms with E-state index in [9.17, 15) is 19.8 Å². The largest absolute Gasteiger partial charge is 0.506 e. The Labute approximate surface area is 377 Å². The molecule has 0 amide bonds. The second-order valence-corrected chi connectivity index (χ2v) is 25.7. The summed E-state index contributed by atoms with van der Waals surface area (Å²) in [4.78, 5) is 33.2. The molecule has 8 rings (SSSR count). The first-order chi connectivity index (χ1) is 30.0. The second-order valence-electron chi connectivity index (χ2n) is 18.7. The zero-order valence-electron chi connectivity index (χ0n) is 37.3.